The summed E-state index contributed by atoms with van der Waals surface area (Å²) in [6.45, 7) is 4.27. The van der Waals surface area contributed by atoms with E-state index in [0.29, 0.717) is 0 Å². The van der Waals surface area contributed by atoms with Crippen LogP contribution in [0.1, 0.15) is 5.69 Å². The second-order valence-electron chi connectivity index (χ2n) is 3.43. The van der Waals surface area contributed by atoms with E-state index < -0.39 is 0 Å². The summed E-state index contributed by atoms with van der Waals surface area (Å²) in [5.74, 6) is 0. The van der Waals surface area contributed by atoms with Crippen LogP contribution in [-0.4, -0.2) is 36.2 Å². The maximum atomic E-state index is 11.0. The van der Waals surface area contributed by atoms with Crippen molar-refractivity contribution in [1.29, 1.82) is 0 Å². The summed E-state index contributed by atoms with van der Waals surface area (Å²) in [5.41, 5.74) is 0.940. The molecule has 1 fully saturated rings. The van der Waals surface area contributed by atoms with Gasteiger partial charge in [0.05, 0.1) is 13.2 Å². The molecular weight excluding hydrogens is 180 g/mol. The minimum atomic E-state index is -0.0317. The van der Waals surface area contributed by atoms with E-state index in [1.165, 1.54) is 6.07 Å². The molecule has 0 bridgehead atoms. The van der Waals surface area contributed by atoms with Crippen LogP contribution in [-0.2, 0) is 11.3 Å². The predicted molar refractivity (Wildman–Crippen MR) is 53.2 cm³/mol. The van der Waals surface area contributed by atoms with E-state index in [4.69, 9.17) is 4.74 Å². The second kappa shape index (κ2) is 4.39. The zero-order chi connectivity index (χ0) is 9.80. The monoisotopic (exact) mass is 194 g/mol. The van der Waals surface area contributed by atoms with E-state index in [1.54, 1.807) is 6.07 Å². The van der Waals surface area contributed by atoms with E-state index in [0.717, 1.165) is 38.5 Å². The second-order valence-corrected chi connectivity index (χ2v) is 3.43. The highest BCUT2D eigenvalue weighted by molar-refractivity contribution is 5.03. The maximum Gasteiger partial charge on any atom is 0.248 e. The highest BCUT2D eigenvalue weighted by Gasteiger charge is 2.10. The molecule has 2 rings (SSSR count). The van der Waals surface area contributed by atoms with Crippen molar-refractivity contribution in [2.24, 2.45) is 0 Å². The minimum Gasteiger partial charge on any atom is -0.379 e. The van der Waals surface area contributed by atoms with Gasteiger partial charge in [-0.05, 0) is 6.07 Å². The first-order valence-electron chi connectivity index (χ1n) is 4.83. The molecule has 76 valence electrons. The Morgan fingerprint density at radius 2 is 2.14 bits per heavy atom. The molecule has 1 aromatic rings. The number of nitrogens with one attached hydrogen (secondary N) is 1. The Labute approximate surface area is 82.5 Å². The smallest absolute Gasteiger partial charge is 0.248 e. The molecular formula is C10H14N2O2. The van der Waals surface area contributed by atoms with Gasteiger partial charge >= 0.3 is 0 Å². The number of aromatic nitrogens is 1. The molecule has 14 heavy (non-hydrogen) atoms. The van der Waals surface area contributed by atoms with Crippen LogP contribution < -0.4 is 5.56 Å². The highest BCUT2D eigenvalue weighted by atomic mass is 16.5. The van der Waals surface area contributed by atoms with Gasteiger partial charge in [0.1, 0.15) is 0 Å². The Morgan fingerprint density at radius 3 is 2.86 bits per heavy atom. The Hall–Kier alpha value is -1.13. The molecule has 0 atom stereocenters. The number of ether oxygens (including phenoxy) is 1. The Balaban J connectivity index is 1.99. The van der Waals surface area contributed by atoms with Gasteiger partial charge in [-0.2, -0.15) is 0 Å². The molecule has 0 radical (unpaired) electrons. The van der Waals surface area contributed by atoms with Gasteiger partial charge in [0, 0.05) is 31.4 Å². The molecule has 4 heteroatoms. The summed E-state index contributed by atoms with van der Waals surface area (Å²) in [4.78, 5) is 16.1. The quantitative estimate of drug-likeness (QED) is 0.732. The van der Waals surface area contributed by atoms with Gasteiger partial charge in [0.25, 0.3) is 0 Å². The number of aromatic amines is 1. The lowest BCUT2D eigenvalue weighted by molar-refractivity contribution is 0.0336. The zero-order valence-corrected chi connectivity index (χ0v) is 8.03. The fourth-order valence-corrected chi connectivity index (χ4v) is 1.59. The molecule has 1 N–H and O–H groups in total. The maximum absolute atomic E-state index is 11.0. The molecule has 1 aliphatic rings. The topological polar surface area (TPSA) is 45.3 Å². The average molecular weight is 194 g/mol. The van der Waals surface area contributed by atoms with Crippen LogP contribution in [0.25, 0.3) is 0 Å². The largest absolute Gasteiger partial charge is 0.379 e. The zero-order valence-electron chi connectivity index (χ0n) is 8.03. The van der Waals surface area contributed by atoms with Crippen LogP contribution in [0.2, 0.25) is 0 Å². The van der Waals surface area contributed by atoms with Gasteiger partial charge in [-0.15, -0.1) is 0 Å². The molecule has 4 nitrogen and oxygen atoms in total. The lowest BCUT2D eigenvalue weighted by atomic mass is 10.3. The van der Waals surface area contributed by atoms with E-state index in [-0.39, 0.29) is 5.56 Å². The van der Waals surface area contributed by atoms with Gasteiger partial charge in [-0.25, -0.2) is 0 Å². The van der Waals surface area contributed by atoms with Gasteiger partial charge in [0.15, 0.2) is 0 Å². The summed E-state index contributed by atoms with van der Waals surface area (Å²) in [6, 6.07) is 5.26. The number of rotatable bonds is 2. The standard InChI is InChI=1S/C10H14N2O2/c13-10-3-1-2-9(11-10)8-12-4-6-14-7-5-12/h1-3H,4-8H2,(H,11,13). The third kappa shape index (κ3) is 2.43. The van der Waals surface area contributed by atoms with Gasteiger partial charge in [-0.1, -0.05) is 6.07 Å². The van der Waals surface area contributed by atoms with Crippen molar-refractivity contribution in [1.82, 2.24) is 9.88 Å². The van der Waals surface area contributed by atoms with Crippen molar-refractivity contribution < 1.29 is 4.74 Å². The van der Waals surface area contributed by atoms with Crippen molar-refractivity contribution in [3.63, 3.8) is 0 Å². The molecule has 0 aliphatic carbocycles. The minimum absolute atomic E-state index is 0.0317. The number of H-pyrrole nitrogens is 1. The predicted octanol–water partition coefficient (Wildman–Crippen LogP) is 0.207. The summed E-state index contributed by atoms with van der Waals surface area (Å²) < 4.78 is 5.25. The van der Waals surface area contributed by atoms with Crippen LogP contribution in [0.15, 0.2) is 23.0 Å². The van der Waals surface area contributed by atoms with Crippen molar-refractivity contribution in [2.75, 3.05) is 26.3 Å². The molecule has 1 aliphatic heterocycles. The fraction of sp³-hybridized carbons (Fsp3) is 0.500. The lowest BCUT2D eigenvalue weighted by Crippen LogP contribution is -2.36. The number of morpholine rings is 1. The first-order valence-corrected chi connectivity index (χ1v) is 4.83. The van der Waals surface area contributed by atoms with E-state index in [1.807, 2.05) is 6.07 Å². The number of hydrogen-bond donors (Lipinski definition) is 1. The van der Waals surface area contributed by atoms with Crippen LogP contribution in [0.3, 0.4) is 0 Å². The van der Waals surface area contributed by atoms with E-state index in [9.17, 15) is 4.79 Å². The van der Waals surface area contributed by atoms with Crippen LogP contribution in [0, 0.1) is 0 Å². The summed E-state index contributed by atoms with van der Waals surface area (Å²) in [7, 11) is 0. The summed E-state index contributed by atoms with van der Waals surface area (Å²) in [6.07, 6.45) is 0. The molecule has 1 aromatic heterocycles. The number of pyridine rings is 1. The summed E-state index contributed by atoms with van der Waals surface area (Å²) in [5, 5.41) is 0. The molecule has 0 amide bonds. The van der Waals surface area contributed by atoms with E-state index >= 15 is 0 Å². The fourth-order valence-electron chi connectivity index (χ4n) is 1.59. The molecule has 0 spiro atoms. The molecule has 1 saturated heterocycles. The third-order valence-electron chi connectivity index (χ3n) is 2.33. The SMILES string of the molecule is O=c1cccc(CN2CCOCC2)[nH]1. The lowest BCUT2D eigenvalue weighted by Gasteiger charge is -2.26. The average Bonchev–Trinajstić information content (AvgIpc) is 2.19. The Bertz CT molecular complexity index is 342. The first-order chi connectivity index (χ1) is 6.84. The van der Waals surface area contributed by atoms with Gasteiger partial charge < -0.3 is 9.72 Å². The van der Waals surface area contributed by atoms with Crippen molar-refractivity contribution in [3.8, 4) is 0 Å². The van der Waals surface area contributed by atoms with Gasteiger partial charge in [-0.3, -0.25) is 9.69 Å². The number of nitrogens with zero attached hydrogens (tertiary/aromatic N) is 1. The first kappa shape index (κ1) is 9.43. The summed E-state index contributed by atoms with van der Waals surface area (Å²) >= 11 is 0. The van der Waals surface area contributed by atoms with Crippen LogP contribution in [0.4, 0.5) is 0 Å². The number of hydrogen-bond acceptors (Lipinski definition) is 3. The van der Waals surface area contributed by atoms with Crippen molar-refractivity contribution in [3.05, 3.63) is 34.2 Å². The Kier molecular flexibility index (Phi) is 2.96. The third-order valence-corrected chi connectivity index (χ3v) is 2.33. The van der Waals surface area contributed by atoms with Crippen LogP contribution >= 0.6 is 0 Å². The van der Waals surface area contributed by atoms with E-state index in [2.05, 4.69) is 9.88 Å². The van der Waals surface area contributed by atoms with Crippen molar-refractivity contribution >= 4 is 0 Å². The molecule has 2 heterocycles. The highest BCUT2D eigenvalue weighted by Crippen LogP contribution is 2.02. The van der Waals surface area contributed by atoms with Gasteiger partial charge in [0.2, 0.25) is 5.56 Å². The normalized spacial score (nSPS) is 18.3. The van der Waals surface area contributed by atoms with Crippen LogP contribution in [0.5, 0.6) is 0 Å². The molecule has 0 unspecified atom stereocenters. The van der Waals surface area contributed by atoms with Crippen molar-refractivity contribution in [2.45, 2.75) is 6.54 Å². The Morgan fingerprint density at radius 1 is 1.36 bits per heavy atom. The molecule has 0 saturated carbocycles. The molecule has 0 aromatic carbocycles.